The first-order valence-corrected chi connectivity index (χ1v) is 5.53. The molecule has 2 aromatic rings. The molecule has 2 aromatic heterocycles. The number of hydrogen-bond donors (Lipinski definition) is 1. The summed E-state index contributed by atoms with van der Waals surface area (Å²) in [6.07, 6.45) is 2.43. The van der Waals surface area contributed by atoms with Crippen molar-refractivity contribution in [3.8, 4) is 5.82 Å². The van der Waals surface area contributed by atoms with Crippen LogP contribution in [0.15, 0.2) is 12.3 Å². The first kappa shape index (κ1) is 12.2. The van der Waals surface area contributed by atoms with Crippen LogP contribution in [0.25, 0.3) is 5.82 Å². The van der Waals surface area contributed by atoms with Crippen LogP contribution in [0.3, 0.4) is 0 Å². The van der Waals surface area contributed by atoms with Crippen LogP contribution in [0.4, 0.5) is 5.82 Å². The van der Waals surface area contributed by atoms with Crippen LogP contribution in [0, 0.1) is 0 Å². The van der Waals surface area contributed by atoms with Gasteiger partial charge in [-0.1, -0.05) is 6.92 Å². The van der Waals surface area contributed by atoms with Gasteiger partial charge in [0.25, 0.3) is 0 Å². The lowest BCUT2D eigenvalue weighted by atomic mass is 10.4. The van der Waals surface area contributed by atoms with Crippen LogP contribution in [-0.2, 0) is 18.2 Å². The summed E-state index contributed by atoms with van der Waals surface area (Å²) in [5, 5.41) is 4.26. The smallest absolute Gasteiger partial charge is 0.360 e. The average molecular weight is 249 g/mol. The molecule has 7 nitrogen and oxygen atoms in total. The Labute approximate surface area is 104 Å². The number of carbonyl (C=O) groups excluding carboxylic acids is 1. The Kier molecular flexibility index (Phi) is 3.05. The van der Waals surface area contributed by atoms with E-state index in [2.05, 4.69) is 14.8 Å². The van der Waals surface area contributed by atoms with Crippen molar-refractivity contribution in [1.29, 1.82) is 0 Å². The molecule has 0 fully saturated rings. The molecule has 0 saturated carbocycles. The van der Waals surface area contributed by atoms with Crippen LogP contribution in [0.1, 0.15) is 23.2 Å². The number of aromatic nitrogens is 4. The number of rotatable bonds is 3. The Bertz CT molecular complexity index is 584. The summed E-state index contributed by atoms with van der Waals surface area (Å²) in [4.78, 5) is 15.7. The summed E-state index contributed by atoms with van der Waals surface area (Å²) in [5.41, 5.74) is 6.07. The van der Waals surface area contributed by atoms with Crippen molar-refractivity contribution in [1.82, 2.24) is 19.3 Å². The molecular weight excluding hydrogens is 234 g/mol. The second kappa shape index (κ2) is 4.52. The predicted molar refractivity (Wildman–Crippen MR) is 65.5 cm³/mol. The van der Waals surface area contributed by atoms with E-state index in [9.17, 15) is 4.79 Å². The lowest BCUT2D eigenvalue weighted by molar-refractivity contribution is 0.0596. The second-order valence-electron chi connectivity index (χ2n) is 3.79. The quantitative estimate of drug-likeness (QED) is 0.802. The zero-order valence-corrected chi connectivity index (χ0v) is 10.5. The molecule has 2 rings (SSSR count). The zero-order chi connectivity index (χ0) is 13.3. The fraction of sp³-hybridized carbons (Fsp3) is 0.364. The van der Waals surface area contributed by atoms with Crippen LogP contribution >= 0.6 is 0 Å². The van der Waals surface area contributed by atoms with Gasteiger partial charge < -0.3 is 10.5 Å². The van der Waals surface area contributed by atoms with E-state index >= 15 is 0 Å². The molecule has 0 radical (unpaired) electrons. The highest BCUT2D eigenvalue weighted by molar-refractivity contribution is 5.92. The highest BCUT2D eigenvalue weighted by atomic mass is 16.5. The third-order valence-electron chi connectivity index (χ3n) is 2.61. The summed E-state index contributed by atoms with van der Waals surface area (Å²) in [6.45, 7) is 1.93. The fourth-order valence-corrected chi connectivity index (χ4v) is 1.74. The number of nitrogens with two attached hydrogens (primary N) is 1. The van der Waals surface area contributed by atoms with Gasteiger partial charge in [0.05, 0.1) is 7.11 Å². The van der Waals surface area contributed by atoms with Crippen LogP contribution in [-0.4, -0.2) is 32.4 Å². The minimum atomic E-state index is -0.545. The highest BCUT2D eigenvalue weighted by Gasteiger charge is 2.22. The molecule has 0 aliphatic rings. The lowest BCUT2D eigenvalue weighted by Gasteiger charge is -2.04. The van der Waals surface area contributed by atoms with Crippen molar-refractivity contribution < 1.29 is 9.53 Å². The molecule has 0 aromatic carbocycles. The number of carbonyl (C=O) groups is 1. The number of ether oxygens (including phenoxy) is 1. The van der Waals surface area contributed by atoms with Gasteiger partial charge in [0.15, 0.2) is 11.5 Å². The van der Waals surface area contributed by atoms with Crippen molar-refractivity contribution >= 4 is 11.8 Å². The Morgan fingerprint density at radius 2 is 2.28 bits per heavy atom. The number of anilines is 1. The third-order valence-corrected chi connectivity index (χ3v) is 2.61. The molecule has 2 N–H and O–H groups in total. The standard InChI is InChI=1S/C11H15N5O2/c1-4-7-13-9(11(17)18-3)10(12)16(7)8-5-6-15(2)14-8/h5-6H,4,12H2,1-3H3. The van der Waals surface area contributed by atoms with E-state index in [1.165, 1.54) is 7.11 Å². The largest absolute Gasteiger partial charge is 0.464 e. The molecule has 96 valence electrons. The Morgan fingerprint density at radius 1 is 1.56 bits per heavy atom. The molecule has 0 saturated heterocycles. The molecule has 0 aliphatic heterocycles. The monoisotopic (exact) mass is 249 g/mol. The van der Waals surface area contributed by atoms with Crippen molar-refractivity contribution in [2.75, 3.05) is 12.8 Å². The molecular formula is C11H15N5O2. The van der Waals surface area contributed by atoms with Gasteiger partial charge in [-0.05, 0) is 0 Å². The zero-order valence-electron chi connectivity index (χ0n) is 10.5. The molecule has 0 aliphatic carbocycles. The highest BCUT2D eigenvalue weighted by Crippen LogP contribution is 2.20. The van der Waals surface area contributed by atoms with Gasteiger partial charge in [-0.3, -0.25) is 9.25 Å². The van der Waals surface area contributed by atoms with E-state index in [-0.39, 0.29) is 11.5 Å². The van der Waals surface area contributed by atoms with Crippen molar-refractivity contribution in [3.63, 3.8) is 0 Å². The number of esters is 1. The SMILES string of the molecule is CCc1nc(C(=O)OC)c(N)n1-c1ccn(C)n1. The Morgan fingerprint density at radius 3 is 2.78 bits per heavy atom. The van der Waals surface area contributed by atoms with Gasteiger partial charge in [-0.15, -0.1) is 0 Å². The molecule has 0 amide bonds. The van der Waals surface area contributed by atoms with E-state index in [0.717, 1.165) is 0 Å². The molecule has 18 heavy (non-hydrogen) atoms. The van der Waals surface area contributed by atoms with Crippen LogP contribution in [0.2, 0.25) is 0 Å². The Hall–Kier alpha value is -2.31. The van der Waals surface area contributed by atoms with E-state index < -0.39 is 5.97 Å². The Balaban J connectivity index is 2.59. The maximum absolute atomic E-state index is 11.5. The van der Waals surface area contributed by atoms with E-state index in [1.54, 1.807) is 21.5 Å². The molecule has 2 heterocycles. The molecule has 0 spiro atoms. The summed E-state index contributed by atoms with van der Waals surface area (Å²) < 4.78 is 7.97. The summed E-state index contributed by atoms with van der Waals surface area (Å²) in [7, 11) is 3.11. The fourth-order valence-electron chi connectivity index (χ4n) is 1.74. The molecule has 0 unspecified atom stereocenters. The minimum absolute atomic E-state index is 0.125. The van der Waals surface area contributed by atoms with Gasteiger partial charge in [0.1, 0.15) is 11.6 Å². The number of nitrogens with zero attached hydrogens (tertiary/aromatic N) is 4. The van der Waals surface area contributed by atoms with Crippen molar-refractivity contribution in [2.45, 2.75) is 13.3 Å². The number of nitrogen functional groups attached to an aromatic ring is 1. The molecule has 7 heteroatoms. The van der Waals surface area contributed by atoms with Gasteiger partial charge in [-0.2, -0.15) is 5.10 Å². The number of hydrogen-bond acceptors (Lipinski definition) is 5. The topological polar surface area (TPSA) is 88.0 Å². The maximum Gasteiger partial charge on any atom is 0.360 e. The number of imidazole rings is 1. The normalized spacial score (nSPS) is 10.6. The first-order chi connectivity index (χ1) is 8.58. The first-order valence-electron chi connectivity index (χ1n) is 5.53. The van der Waals surface area contributed by atoms with Crippen molar-refractivity contribution in [3.05, 3.63) is 23.8 Å². The summed E-state index contributed by atoms with van der Waals surface area (Å²) in [6, 6.07) is 1.80. The van der Waals surface area contributed by atoms with Crippen LogP contribution < -0.4 is 5.73 Å². The average Bonchev–Trinajstić information content (AvgIpc) is 2.91. The van der Waals surface area contributed by atoms with E-state index in [1.807, 2.05) is 14.0 Å². The maximum atomic E-state index is 11.5. The van der Waals surface area contributed by atoms with Gasteiger partial charge in [0.2, 0.25) is 0 Å². The third kappa shape index (κ3) is 1.83. The van der Waals surface area contributed by atoms with Gasteiger partial charge >= 0.3 is 5.97 Å². The van der Waals surface area contributed by atoms with Gasteiger partial charge in [-0.25, -0.2) is 9.78 Å². The molecule has 0 atom stereocenters. The van der Waals surface area contributed by atoms with Crippen molar-refractivity contribution in [2.24, 2.45) is 7.05 Å². The minimum Gasteiger partial charge on any atom is -0.464 e. The lowest BCUT2D eigenvalue weighted by Crippen LogP contribution is -2.08. The second-order valence-corrected chi connectivity index (χ2v) is 3.79. The summed E-state index contributed by atoms with van der Waals surface area (Å²) >= 11 is 0. The van der Waals surface area contributed by atoms with Gasteiger partial charge in [0, 0.05) is 25.7 Å². The number of aryl methyl sites for hydroxylation is 2. The van der Waals surface area contributed by atoms with E-state index in [0.29, 0.717) is 18.1 Å². The predicted octanol–water partition coefficient (Wildman–Crippen LogP) is 0.537. The number of methoxy groups -OCH3 is 1. The van der Waals surface area contributed by atoms with E-state index in [4.69, 9.17) is 5.73 Å². The molecule has 0 bridgehead atoms. The van der Waals surface area contributed by atoms with Crippen LogP contribution in [0.5, 0.6) is 0 Å². The summed E-state index contributed by atoms with van der Waals surface area (Å²) in [5.74, 6) is 1.01.